The molecule has 3 atom stereocenters. The highest BCUT2D eigenvalue weighted by molar-refractivity contribution is 7.81. The summed E-state index contributed by atoms with van der Waals surface area (Å²) in [4.78, 5) is 15.2. The van der Waals surface area contributed by atoms with Crippen molar-refractivity contribution in [1.82, 2.24) is 14.6 Å². The first-order valence-electron chi connectivity index (χ1n) is 9.31. The maximum Gasteiger partial charge on any atom is 0.315 e. The summed E-state index contributed by atoms with van der Waals surface area (Å²) in [5.41, 5.74) is 0.168. The average Bonchev–Trinajstić information content (AvgIpc) is 2.74. The molecule has 1 aromatic heterocycles. The van der Waals surface area contributed by atoms with E-state index in [0.29, 0.717) is 11.1 Å². The van der Waals surface area contributed by atoms with Gasteiger partial charge >= 0.3 is 6.43 Å². The number of rotatable bonds is 8. The minimum absolute atomic E-state index is 0.00682. The van der Waals surface area contributed by atoms with Gasteiger partial charge in [0.15, 0.2) is 5.67 Å². The van der Waals surface area contributed by atoms with Crippen LogP contribution in [0.25, 0.3) is 11.1 Å². The Kier molecular flexibility index (Phi) is 7.07. The molecule has 31 heavy (non-hydrogen) atoms. The van der Waals surface area contributed by atoms with Gasteiger partial charge in [0.25, 0.3) is 5.91 Å². The summed E-state index contributed by atoms with van der Waals surface area (Å²) >= 11 is 0. The molecule has 0 bridgehead atoms. The molecule has 1 aliphatic heterocycles. The zero-order chi connectivity index (χ0) is 22.8. The Balaban J connectivity index is 1.68. The first-order valence-corrected chi connectivity index (χ1v) is 10.8. The van der Waals surface area contributed by atoms with E-state index in [1.807, 2.05) is 0 Å². The molecule has 1 amide bonds. The zero-order valence-corrected chi connectivity index (χ0v) is 17.3. The van der Waals surface area contributed by atoms with Gasteiger partial charge in [0, 0.05) is 18.0 Å². The molecule has 2 aromatic rings. The van der Waals surface area contributed by atoms with Crippen molar-refractivity contribution in [3.8, 4) is 11.1 Å². The van der Waals surface area contributed by atoms with Crippen LogP contribution >= 0.6 is 0 Å². The summed E-state index contributed by atoms with van der Waals surface area (Å²) in [5, 5.41) is 12.0. The number of nitrogens with one attached hydrogen (secondary N) is 1. The fraction of sp³-hybridized carbons (Fsp3) is 0.400. The van der Waals surface area contributed by atoms with Gasteiger partial charge in [0.1, 0.15) is 12.8 Å². The summed E-state index contributed by atoms with van der Waals surface area (Å²) in [6, 6.07) is 7.88. The summed E-state index contributed by atoms with van der Waals surface area (Å²) in [6.45, 7) is -1.21. The molecule has 2 N–H and O–H groups in total. The maximum absolute atomic E-state index is 14.8. The lowest BCUT2D eigenvalue weighted by atomic mass is 9.93. The zero-order valence-electron chi connectivity index (χ0n) is 16.5. The highest BCUT2D eigenvalue weighted by Gasteiger charge is 2.47. The summed E-state index contributed by atoms with van der Waals surface area (Å²) in [7, 11) is -1.23. The SMILES string of the molecule is CS(=O)N1CC(F)(c2ccc(-c3ccc(C(O)C(CF)NC(=O)C(F)F)cc3)cn2)C1. The molecule has 1 saturated heterocycles. The first-order chi connectivity index (χ1) is 14.6. The number of aliphatic hydroxyl groups is 1. The lowest BCUT2D eigenvalue weighted by Gasteiger charge is -2.42. The summed E-state index contributed by atoms with van der Waals surface area (Å²) in [5.74, 6) is -1.66. The van der Waals surface area contributed by atoms with Gasteiger partial charge in [-0.1, -0.05) is 30.3 Å². The molecule has 1 aliphatic rings. The highest BCUT2D eigenvalue weighted by atomic mass is 32.2. The molecular formula is C20H21F4N3O3S. The molecule has 0 aliphatic carbocycles. The van der Waals surface area contributed by atoms with E-state index in [2.05, 4.69) is 4.98 Å². The van der Waals surface area contributed by atoms with Gasteiger partial charge in [-0.15, -0.1) is 0 Å². The predicted octanol–water partition coefficient (Wildman–Crippen LogP) is 2.28. The molecule has 1 fully saturated rings. The summed E-state index contributed by atoms with van der Waals surface area (Å²) in [6.07, 6.45) is -1.85. The Morgan fingerprint density at radius 1 is 1.23 bits per heavy atom. The number of hydrogen-bond acceptors (Lipinski definition) is 4. The van der Waals surface area contributed by atoms with E-state index in [-0.39, 0.29) is 24.3 Å². The Morgan fingerprint density at radius 2 is 1.84 bits per heavy atom. The molecule has 2 heterocycles. The lowest BCUT2D eigenvalue weighted by molar-refractivity contribution is -0.133. The number of aliphatic hydroxyl groups excluding tert-OH is 1. The van der Waals surface area contributed by atoms with Crippen molar-refractivity contribution in [1.29, 1.82) is 0 Å². The first kappa shape index (κ1) is 23.3. The predicted molar refractivity (Wildman–Crippen MR) is 107 cm³/mol. The number of amides is 1. The molecule has 3 rings (SSSR count). The number of halogens is 4. The van der Waals surface area contributed by atoms with Crippen LogP contribution in [0.15, 0.2) is 42.6 Å². The second kappa shape index (κ2) is 9.41. The minimum Gasteiger partial charge on any atom is -0.386 e. The fourth-order valence-corrected chi connectivity index (χ4v) is 4.01. The van der Waals surface area contributed by atoms with Crippen LogP contribution in [0.1, 0.15) is 17.4 Å². The van der Waals surface area contributed by atoms with E-state index in [1.165, 1.54) is 28.9 Å². The minimum atomic E-state index is -3.31. The van der Waals surface area contributed by atoms with E-state index in [0.717, 1.165) is 0 Å². The smallest absolute Gasteiger partial charge is 0.315 e. The van der Waals surface area contributed by atoms with E-state index >= 15 is 0 Å². The van der Waals surface area contributed by atoms with Gasteiger partial charge in [-0.2, -0.15) is 8.78 Å². The van der Waals surface area contributed by atoms with Crippen molar-refractivity contribution in [2.75, 3.05) is 26.0 Å². The molecule has 6 nitrogen and oxygen atoms in total. The number of alkyl halides is 4. The molecule has 168 valence electrons. The summed E-state index contributed by atoms with van der Waals surface area (Å²) < 4.78 is 65.5. The third kappa shape index (κ3) is 5.10. The molecule has 11 heteroatoms. The third-order valence-electron chi connectivity index (χ3n) is 5.10. The van der Waals surface area contributed by atoms with E-state index in [4.69, 9.17) is 0 Å². The number of hydrogen-bond donors (Lipinski definition) is 2. The molecular weight excluding hydrogens is 438 g/mol. The fourth-order valence-electron chi connectivity index (χ4n) is 3.24. The monoisotopic (exact) mass is 459 g/mol. The lowest BCUT2D eigenvalue weighted by Crippen LogP contribution is -2.57. The van der Waals surface area contributed by atoms with Crippen molar-refractivity contribution >= 4 is 16.9 Å². The molecule has 0 spiro atoms. The van der Waals surface area contributed by atoms with Crippen molar-refractivity contribution in [3.05, 3.63) is 53.9 Å². The molecule has 3 unspecified atom stereocenters. The van der Waals surface area contributed by atoms with Gasteiger partial charge in [-0.05, 0) is 17.2 Å². The number of nitrogens with zero attached hydrogens (tertiary/aromatic N) is 2. The molecule has 0 radical (unpaired) electrons. The largest absolute Gasteiger partial charge is 0.386 e. The van der Waals surface area contributed by atoms with Crippen LogP contribution in [0.3, 0.4) is 0 Å². The van der Waals surface area contributed by atoms with E-state index < -0.39 is 47.8 Å². The van der Waals surface area contributed by atoms with Crippen molar-refractivity contribution < 1.29 is 31.7 Å². The van der Waals surface area contributed by atoms with Crippen molar-refractivity contribution in [2.45, 2.75) is 24.2 Å². The van der Waals surface area contributed by atoms with Crippen LogP contribution in [0.4, 0.5) is 17.6 Å². The maximum atomic E-state index is 14.8. The van der Waals surface area contributed by atoms with Crippen molar-refractivity contribution in [2.24, 2.45) is 0 Å². The highest BCUT2D eigenvalue weighted by Crippen LogP contribution is 2.36. The van der Waals surface area contributed by atoms with Crippen LogP contribution in [0, 0.1) is 0 Å². The molecule has 0 saturated carbocycles. The van der Waals surface area contributed by atoms with Crippen LogP contribution in [0.2, 0.25) is 0 Å². The number of benzene rings is 1. The Hall–Kier alpha value is -2.37. The van der Waals surface area contributed by atoms with Gasteiger partial charge in [0.2, 0.25) is 0 Å². The van der Waals surface area contributed by atoms with Gasteiger partial charge in [-0.3, -0.25) is 9.78 Å². The number of carbonyl (C=O) groups excluding carboxylic acids is 1. The van der Waals surface area contributed by atoms with Crippen LogP contribution in [-0.4, -0.2) is 63.0 Å². The normalized spacial score (nSPS) is 18.8. The van der Waals surface area contributed by atoms with E-state index in [1.54, 1.807) is 29.6 Å². The average molecular weight is 459 g/mol. The quantitative estimate of drug-likeness (QED) is 0.594. The Morgan fingerprint density at radius 3 is 2.32 bits per heavy atom. The van der Waals surface area contributed by atoms with E-state index in [9.17, 15) is 31.7 Å². The van der Waals surface area contributed by atoms with Crippen LogP contribution in [-0.2, 0) is 21.4 Å². The van der Waals surface area contributed by atoms with Crippen LogP contribution in [0.5, 0.6) is 0 Å². The number of pyridine rings is 1. The Labute approximate surface area is 178 Å². The van der Waals surface area contributed by atoms with Gasteiger partial charge in [-0.25, -0.2) is 17.3 Å². The second-order valence-electron chi connectivity index (χ2n) is 7.26. The number of carbonyl (C=O) groups is 1. The standard InChI is InChI=1S/C20H21F4N3O3S/c1-31(30)27-10-20(24,11-27)16-7-6-14(9-25-16)12-2-4-13(5-3-12)17(28)15(8-21)26-19(29)18(22)23/h2-7,9,15,17-18,28H,8,10-11H2,1H3,(H,26,29). The Bertz CT molecular complexity index is 938. The second-order valence-corrected chi connectivity index (χ2v) is 8.62. The van der Waals surface area contributed by atoms with Gasteiger partial charge < -0.3 is 10.4 Å². The van der Waals surface area contributed by atoms with Crippen molar-refractivity contribution in [3.63, 3.8) is 0 Å². The topological polar surface area (TPSA) is 82.5 Å². The van der Waals surface area contributed by atoms with Gasteiger partial charge in [0.05, 0.1) is 35.8 Å². The third-order valence-corrected chi connectivity index (χ3v) is 6.08. The van der Waals surface area contributed by atoms with Crippen LogP contribution < -0.4 is 5.32 Å². The number of aromatic nitrogens is 1. The molecule has 1 aromatic carbocycles.